The fourth-order valence-corrected chi connectivity index (χ4v) is 1.84. The second-order valence-electron chi connectivity index (χ2n) is 4.74. The van der Waals surface area contributed by atoms with Crippen LogP contribution in [0.15, 0.2) is 70.9 Å². The highest BCUT2D eigenvalue weighted by molar-refractivity contribution is 6.31. The number of nitrogens with one attached hydrogen (secondary N) is 1. The molecule has 2 rings (SSSR count). The van der Waals surface area contributed by atoms with E-state index < -0.39 is 6.03 Å². The van der Waals surface area contributed by atoms with Gasteiger partial charge in [0, 0.05) is 6.42 Å². The van der Waals surface area contributed by atoms with Crippen molar-refractivity contribution in [3.63, 3.8) is 0 Å². The Hall–Kier alpha value is -3.15. The van der Waals surface area contributed by atoms with E-state index in [2.05, 4.69) is 15.7 Å². The highest BCUT2D eigenvalue weighted by atomic mass is 16.6. The van der Waals surface area contributed by atoms with Gasteiger partial charge in [-0.15, -0.1) is 0 Å². The number of amides is 2. The molecular weight excluding hydrogens is 292 g/mol. The van der Waals surface area contributed by atoms with Crippen molar-refractivity contribution in [3.8, 4) is 0 Å². The molecule has 0 spiro atoms. The molecule has 0 aliphatic heterocycles. The van der Waals surface area contributed by atoms with E-state index in [0.29, 0.717) is 18.7 Å². The topological polar surface area (TPSA) is 89.1 Å². The third kappa shape index (κ3) is 6.43. The first kappa shape index (κ1) is 16.2. The number of hydrazone groups is 1. The molecule has 0 saturated carbocycles. The Morgan fingerprint density at radius 1 is 1.04 bits per heavy atom. The van der Waals surface area contributed by atoms with E-state index in [9.17, 15) is 4.79 Å². The van der Waals surface area contributed by atoms with Crippen molar-refractivity contribution in [2.24, 2.45) is 16.0 Å². The Kier molecular flexibility index (Phi) is 6.34. The summed E-state index contributed by atoms with van der Waals surface area (Å²) >= 11 is 0. The zero-order valence-corrected chi connectivity index (χ0v) is 12.6. The molecule has 0 atom stereocenters. The van der Waals surface area contributed by atoms with E-state index in [-0.39, 0.29) is 0 Å². The van der Waals surface area contributed by atoms with Gasteiger partial charge in [0.25, 0.3) is 0 Å². The molecule has 0 aromatic heterocycles. The third-order valence-corrected chi connectivity index (χ3v) is 2.87. The Labute approximate surface area is 134 Å². The van der Waals surface area contributed by atoms with Gasteiger partial charge in [-0.3, -0.25) is 0 Å². The highest BCUT2D eigenvalue weighted by Gasteiger charge is 2.01. The average Bonchev–Trinajstić information content (AvgIpc) is 2.56. The van der Waals surface area contributed by atoms with Crippen LogP contribution in [0.5, 0.6) is 0 Å². The molecule has 0 aliphatic carbocycles. The molecule has 0 bridgehead atoms. The van der Waals surface area contributed by atoms with Crippen molar-refractivity contribution in [2.75, 3.05) is 0 Å². The summed E-state index contributed by atoms with van der Waals surface area (Å²) in [5.41, 5.74) is 9.76. The van der Waals surface area contributed by atoms with Gasteiger partial charge in [-0.2, -0.15) is 5.10 Å². The summed E-state index contributed by atoms with van der Waals surface area (Å²) in [5.74, 6) is 0. The number of nitrogens with zero attached hydrogens (tertiary/aromatic N) is 2. The first-order valence-electron chi connectivity index (χ1n) is 7.09. The number of rotatable bonds is 7. The second kappa shape index (κ2) is 8.99. The lowest BCUT2D eigenvalue weighted by Gasteiger charge is -2.03. The first-order chi connectivity index (χ1) is 11.2. The summed E-state index contributed by atoms with van der Waals surface area (Å²) in [5, 5.41) is 7.82. The monoisotopic (exact) mass is 310 g/mol. The number of hydrogen-bond acceptors (Lipinski definition) is 4. The van der Waals surface area contributed by atoms with Gasteiger partial charge in [-0.05, 0) is 11.1 Å². The first-order valence-corrected chi connectivity index (χ1v) is 7.09. The highest BCUT2D eigenvalue weighted by Crippen LogP contribution is 2.03. The zero-order chi connectivity index (χ0) is 16.3. The van der Waals surface area contributed by atoms with Crippen LogP contribution in [-0.2, 0) is 17.9 Å². The number of urea groups is 1. The quantitative estimate of drug-likeness (QED) is 0.607. The third-order valence-electron chi connectivity index (χ3n) is 2.87. The molecule has 0 heterocycles. The summed E-state index contributed by atoms with van der Waals surface area (Å²) in [6.07, 6.45) is 1.95. The molecule has 6 heteroatoms. The standard InChI is InChI=1S/C17H18N4O2/c18-17(22)20-19-12-16(11-14-7-3-1-4-8-14)21-23-13-15-9-5-2-6-10-15/h1-10,12H,11,13H2,(H3,18,20,22)/b19-12-,21-16+. The van der Waals surface area contributed by atoms with Crippen LogP contribution in [-0.4, -0.2) is 18.0 Å². The minimum atomic E-state index is -0.731. The number of benzene rings is 2. The van der Waals surface area contributed by atoms with Crippen molar-refractivity contribution >= 4 is 18.0 Å². The van der Waals surface area contributed by atoms with Crippen LogP contribution in [0.3, 0.4) is 0 Å². The number of oxime groups is 1. The summed E-state index contributed by atoms with van der Waals surface area (Å²) in [4.78, 5) is 16.0. The van der Waals surface area contributed by atoms with E-state index in [1.807, 2.05) is 60.7 Å². The lowest BCUT2D eigenvalue weighted by molar-refractivity contribution is 0.131. The largest absolute Gasteiger partial charge is 0.391 e. The lowest BCUT2D eigenvalue weighted by atomic mass is 10.1. The van der Waals surface area contributed by atoms with Crippen LogP contribution < -0.4 is 11.2 Å². The van der Waals surface area contributed by atoms with Crippen LogP contribution in [0.25, 0.3) is 0 Å². The van der Waals surface area contributed by atoms with E-state index >= 15 is 0 Å². The fraction of sp³-hybridized carbons (Fsp3) is 0.118. The molecule has 3 N–H and O–H groups in total. The van der Waals surface area contributed by atoms with Gasteiger partial charge >= 0.3 is 6.03 Å². The maximum atomic E-state index is 10.7. The summed E-state index contributed by atoms with van der Waals surface area (Å²) in [6.45, 7) is 0.357. The van der Waals surface area contributed by atoms with Crippen molar-refractivity contribution < 1.29 is 9.63 Å². The van der Waals surface area contributed by atoms with E-state index in [1.165, 1.54) is 6.21 Å². The predicted octanol–water partition coefficient (Wildman–Crippen LogP) is 2.46. The number of hydrogen-bond donors (Lipinski definition) is 2. The molecule has 0 saturated heterocycles. The van der Waals surface area contributed by atoms with Gasteiger partial charge in [0.05, 0.1) is 6.21 Å². The van der Waals surface area contributed by atoms with Crippen molar-refractivity contribution in [1.82, 2.24) is 5.43 Å². The average molecular weight is 310 g/mol. The number of carbonyl (C=O) groups excluding carboxylic acids is 1. The zero-order valence-electron chi connectivity index (χ0n) is 12.6. The molecule has 0 radical (unpaired) electrons. The maximum Gasteiger partial charge on any atom is 0.332 e. The molecule has 2 amide bonds. The van der Waals surface area contributed by atoms with Crippen molar-refractivity contribution in [2.45, 2.75) is 13.0 Å². The maximum absolute atomic E-state index is 10.7. The van der Waals surface area contributed by atoms with E-state index in [1.54, 1.807) is 0 Å². The molecule has 6 nitrogen and oxygen atoms in total. The fourth-order valence-electron chi connectivity index (χ4n) is 1.84. The number of carbonyl (C=O) groups is 1. The Morgan fingerprint density at radius 2 is 1.65 bits per heavy atom. The van der Waals surface area contributed by atoms with Gasteiger partial charge < -0.3 is 10.6 Å². The van der Waals surface area contributed by atoms with Gasteiger partial charge in [0.2, 0.25) is 0 Å². The minimum Gasteiger partial charge on any atom is -0.391 e. The van der Waals surface area contributed by atoms with Crippen LogP contribution in [0, 0.1) is 0 Å². The molecule has 118 valence electrons. The Morgan fingerprint density at radius 3 is 2.26 bits per heavy atom. The van der Waals surface area contributed by atoms with E-state index in [0.717, 1.165) is 11.1 Å². The number of nitrogens with two attached hydrogens (primary N) is 1. The molecular formula is C17H18N4O2. The normalized spacial score (nSPS) is 11.4. The SMILES string of the molecule is NC(=O)N/N=C\C(Cc1ccccc1)=N\OCc1ccccc1. The molecule has 2 aromatic rings. The van der Waals surface area contributed by atoms with E-state index in [4.69, 9.17) is 10.6 Å². The van der Waals surface area contributed by atoms with Crippen LogP contribution in [0.1, 0.15) is 11.1 Å². The molecule has 2 aromatic carbocycles. The van der Waals surface area contributed by atoms with Crippen LogP contribution in [0.2, 0.25) is 0 Å². The van der Waals surface area contributed by atoms with Gasteiger partial charge in [-0.1, -0.05) is 65.8 Å². The van der Waals surface area contributed by atoms with Gasteiger partial charge in [0.1, 0.15) is 12.3 Å². The molecule has 0 unspecified atom stereocenters. The van der Waals surface area contributed by atoms with Crippen molar-refractivity contribution in [1.29, 1.82) is 0 Å². The minimum absolute atomic E-state index is 0.357. The van der Waals surface area contributed by atoms with Crippen LogP contribution >= 0.6 is 0 Å². The summed E-state index contributed by atoms with van der Waals surface area (Å²) < 4.78 is 0. The molecule has 23 heavy (non-hydrogen) atoms. The molecule has 0 aliphatic rings. The molecule has 0 fully saturated rings. The van der Waals surface area contributed by atoms with Crippen molar-refractivity contribution in [3.05, 3.63) is 71.8 Å². The Balaban J connectivity index is 2.01. The lowest BCUT2D eigenvalue weighted by Crippen LogP contribution is -2.25. The Bertz CT molecular complexity index is 670. The predicted molar refractivity (Wildman–Crippen MR) is 90.0 cm³/mol. The summed E-state index contributed by atoms with van der Waals surface area (Å²) in [6, 6.07) is 18.8. The summed E-state index contributed by atoms with van der Waals surface area (Å²) in [7, 11) is 0. The van der Waals surface area contributed by atoms with Crippen LogP contribution in [0.4, 0.5) is 4.79 Å². The van der Waals surface area contributed by atoms with Gasteiger partial charge in [-0.25, -0.2) is 10.2 Å². The smallest absolute Gasteiger partial charge is 0.332 e. The van der Waals surface area contributed by atoms with Gasteiger partial charge in [0.15, 0.2) is 0 Å². The second-order valence-corrected chi connectivity index (χ2v) is 4.74. The number of primary amides is 1.